The molecular weight excluding hydrogens is 385 g/mol. The van der Waals surface area contributed by atoms with Crippen LogP contribution in [0.15, 0.2) is 36.5 Å². The van der Waals surface area contributed by atoms with E-state index < -0.39 is 0 Å². The van der Waals surface area contributed by atoms with E-state index in [1.165, 1.54) is 17.0 Å². The number of amides is 2. The zero-order valence-electron chi connectivity index (χ0n) is 16.5. The molecule has 2 aliphatic rings. The number of likely N-dealkylation sites (tertiary alicyclic amines) is 1. The Kier molecular flexibility index (Phi) is 4.20. The molecule has 1 saturated heterocycles. The second-order valence-electron chi connectivity index (χ2n) is 7.93. The van der Waals surface area contributed by atoms with Crippen molar-refractivity contribution < 1.29 is 19.1 Å². The number of halogens is 1. The lowest BCUT2D eigenvalue weighted by atomic mass is 9.93. The smallest absolute Gasteiger partial charge is 0.258 e. The lowest BCUT2D eigenvalue weighted by Crippen LogP contribution is -2.42. The second kappa shape index (κ2) is 6.79. The molecule has 6 nitrogen and oxygen atoms in total. The molecule has 0 unspecified atom stereocenters. The van der Waals surface area contributed by atoms with Crippen molar-refractivity contribution in [2.45, 2.75) is 19.4 Å². The van der Waals surface area contributed by atoms with E-state index in [1.807, 2.05) is 6.07 Å². The van der Waals surface area contributed by atoms with Crippen molar-refractivity contribution in [3.8, 4) is 5.75 Å². The lowest BCUT2D eigenvalue weighted by Gasteiger charge is -2.32. The van der Waals surface area contributed by atoms with Gasteiger partial charge in [-0.2, -0.15) is 0 Å². The van der Waals surface area contributed by atoms with E-state index in [0.717, 1.165) is 17.5 Å². The molecule has 30 heavy (non-hydrogen) atoms. The summed E-state index contributed by atoms with van der Waals surface area (Å²) in [6, 6.07) is 8.08. The van der Waals surface area contributed by atoms with Crippen LogP contribution in [0.2, 0.25) is 0 Å². The number of aromatic hydroxyl groups is 1. The van der Waals surface area contributed by atoms with Crippen LogP contribution in [0.1, 0.15) is 43.8 Å². The monoisotopic (exact) mass is 405 g/mol. The number of benzene rings is 2. The molecule has 3 heterocycles. The van der Waals surface area contributed by atoms with Gasteiger partial charge in [0.25, 0.3) is 11.8 Å². The highest BCUT2D eigenvalue weighted by Crippen LogP contribution is 2.40. The number of rotatable bonds is 3. The molecule has 5 rings (SSSR count). The van der Waals surface area contributed by atoms with Crippen molar-refractivity contribution in [1.82, 2.24) is 14.8 Å². The number of hydrogen-bond donors (Lipinski definition) is 1. The maximum absolute atomic E-state index is 13.3. The molecule has 0 spiro atoms. The van der Waals surface area contributed by atoms with Crippen LogP contribution >= 0.6 is 0 Å². The fourth-order valence-electron chi connectivity index (χ4n) is 4.18. The van der Waals surface area contributed by atoms with Crippen LogP contribution in [-0.2, 0) is 13.0 Å². The summed E-state index contributed by atoms with van der Waals surface area (Å²) < 4.78 is 13.2. The van der Waals surface area contributed by atoms with E-state index in [1.54, 1.807) is 30.3 Å². The average molecular weight is 405 g/mol. The number of nitrogens with zero attached hydrogens (tertiary/aromatic N) is 3. The third-order valence-corrected chi connectivity index (χ3v) is 5.91. The molecule has 0 radical (unpaired) electrons. The van der Waals surface area contributed by atoms with Gasteiger partial charge in [-0.15, -0.1) is 0 Å². The average Bonchev–Trinajstić information content (AvgIpc) is 2.97. The van der Waals surface area contributed by atoms with Crippen LogP contribution in [0.5, 0.6) is 5.75 Å². The predicted molar refractivity (Wildman–Crippen MR) is 109 cm³/mol. The minimum atomic E-state index is -0.306. The van der Waals surface area contributed by atoms with Gasteiger partial charge in [0.2, 0.25) is 0 Å². The van der Waals surface area contributed by atoms with Crippen LogP contribution in [-0.4, -0.2) is 51.8 Å². The summed E-state index contributed by atoms with van der Waals surface area (Å²) in [4.78, 5) is 33.5. The van der Waals surface area contributed by atoms with E-state index in [4.69, 9.17) is 0 Å². The number of carbonyl (C=O) groups excluding carboxylic acids is 2. The van der Waals surface area contributed by atoms with Gasteiger partial charge in [-0.1, -0.05) is 12.1 Å². The first-order valence-electron chi connectivity index (χ1n) is 9.89. The molecule has 1 N–H and O–H groups in total. The van der Waals surface area contributed by atoms with Gasteiger partial charge in [-0.3, -0.25) is 14.6 Å². The van der Waals surface area contributed by atoms with E-state index >= 15 is 0 Å². The van der Waals surface area contributed by atoms with Crippen molar-refractivity contribution in [2.75, 3.05) is 20.1 Å². The number of phenols is 1. The Balaban J connectivity index is 1.69. The number of aromatic nitrogens is 1. The molecule has 7 heteroatoms. The summed E-state index contributed by atoms with van der Waals surface area (Å²) in [6.45, 7) is 1.64. The third kappa shape index (κ3) is 2.81. The minimum absolute atomic E-state index is 0.133. The second-order valence-corrected chi connectivity index (χ2v) is 7.93. The van der Waals surface area contributed by atoms with Crippen LogP contribution in [0, 0.1) is 5.82 Å². The van der Waals surface area contributed by atoms with Crippen molar-refractivity contribution in [1.29, 1.82) is 0 Å². The summed E-state index contributed by atoms with van der Waals surface area (Å²) in [5.74, 6) is -0.916. The Hall–Kier alpha value is -3.48. The highest BCUT2D eigenvalue weighted by atomic mass is 19.1. The Morgan fingerprint density at radius 3 is 2.60 bits per heavy atom. The molecule has 1 fully saturated rings. The molecule has 0 saturated carbocycles. The summed E-state index contributed by atoms with van der Waals surface area (Å²) >= 11 is 0. The van der Waals surface area contributed by atoms with Gasteiger partial charge in [0.1, 0.15) is 11.3 Å². The Morgan fingerprint density at radius 2 is 1.93 bits per heavy atom. The molecular formula is C23H20FN3O3. The standard InChI is InChI=1S/C23H20FN3O3/c1-26-12-17-18(23(30)27-7-2-8-27)16-10-14(9-13-3-5-15(24)6-4-13)11-25-20(16)21(28)19(17)22(26)29/h3-6,10-11,28H,2,7-9,12H2,1H3. The largest absolute Gasteiger partial charge is 0.505 e. The Bertz CT molecular complexity index is 1200. The van der Waals surface area contributed by atoms with Crippen molar-refractivity contribution in [3.63, 3.8) is 0 Å². The fourth-order valence-corrected chi connectivity index (χ4v) is 4.18. The highest BCUT2D eigenvalue weighted by Gasteiger charge is 2.37. The molecule has 0 bridgehead atoms. The van der Waals surface area contributed by atoms with Gasteiger partial charge in [-0.05, 0) is 42.2 Å². The molecule has 3 aromatic rings. The molecule has 0 atom stereocenters. The van der Waals surface area contributed by atoms with Crippen LogP contribution in [0.25, 0.3) is 10.9 Å². The van der Waals surface area contributed by atoms with Crippen LogP contribution < -0.4 is 0 Å². The normalized spacial score (nSPS) is 15.5. The number of hydrogen-bond acceptors (Lipinski definition) is 4. The number of pyridine rings is 1. The maximum Gasteiger partial charge on any atom is 0.258 e. The first kappa shape index (κ1) is 18.5. The number of fused-ring (bicyclic) bond motifs is 2. The van der Waals surface area contributed by atoms with Crippen LogP contribution in [0.4, 0.5) is 4.39 Å². The first-order chi connectivity index (χ1) is 14.4. The topological polar surface area (TPSA) is 73.7 Å². The SMILES string of the molecule is CN1Cc2c(c(O)c3ncc(Cc4ccc(F)cc4)cc3c2C(=O)N2CCC2)C1=O. The van der Waals surface area contributed by atoms with Gasteiger partial charge in [0, 0.05) is 43.8 Å². The predicted octanol–water partition coefficient (Wildman–Crippen LogP) is 3.10. The van der Waals surface area contributed by atoms with Gasteiger partial charge >= 0.3 is 0 Å². The van der Waals surface area contributed by atoms with E-state index in [2.05, 4.69) is 4.98 Å². The third-order valence-electron chi connectivity index (χ3n) is 5.91. The summed E-state index contributed by atoms with van der Waals surface area (Å²) in [6.07, 6.45) is 3.09. The summed E-state index contributed by atoms with van der Waals surface area (Å²) in [5, 5.41) is 11.4. The van der Waals surface area contributed by atoms with Crippen LogP contribution in [0.3, 0.4) is 0 Å². The molecule has 2 aliphatic heterocycles. The number of carbonyl (C=O) groups is 2. The van der Waals surface area contributed by atoms with E-state index in [0.29, 0.717) is 36.0 Å². The zero-order valence-corrected chi connectivity index (χ0v) is 16.5. The quantitative estimate of drug-likeness (QED) is 0.727. The maximum atomic E-state index is 13.3. The summed E-state index contributed by atoms with van der Waals surface area (Å²) in [5.41, 5.74) is 3.18. The molecule has 2 amide bonds. The Labute approximate surface area is 172 Å². The minimum Gasteiger partial charge on any atom is -0.505 e. The molecule has 1 aromatic heterocycles. The fraction of sp³-hybridized carbons (Fsp3) is 0.261. The van der Waals surface area contributed by atoms with Crippen molar-refractivity contribution in [2.24, 2.45) is 0 Å². The lowest BCUT2D eigenvalue weighted by molar-refractivity contribution is 0.0651. The molecule has 2 aromatic carbocycles. The first-order valence-corrected chi connectivity index (χ1v) is 9.89. The van der Waals surface area contributed by atoms with Gasteiger partial charge in [0.15, 0.2) is 5.75 Å². The van der Waals surface area contributed by atoms with Gasteiger partial charge < -0.3 is 14.9 Å². The summed E-state index contributed by atoms with van der Waals surface area (Å²) in [7, 11) is 1.65. The van der Waals surface area contributed by atoms with E-state index in [-0.39, 0.29) is 41.0 Å². The zero-order chi connectivity index (χ0) is 21.0. The Morgan fingerprint density at radius 1 is 1.20 bits per heavy atom. The van der Waals surface area contributed by atoms with E-state index in [9.17, 15) is 19.1 Å². The van der Waals surface area contributed by atoms with Gasteiger partial charge in [0.05, 0.1) is 11.1 Å². The number of phenolic OH excluding ortho intramolecular Hbond substituents is 1. The molecule has 0 aliphatic carbocycles. The highest BCUT2D eigenvalue weighted by molar-refractivity contribution is 6.16. The van der Waals surface area contributed by atoms with Gasteiger partial charge in [-0.25, -0.2) is 4.39 Å². The van der Waals surface area contributed by atoms with Crippen molar-refractivity contribution in [3.05, 3.63) is 70.2 Å². The van der Waals surface area contributed by atoms with Crippen molar-refractivity contribution >= 4 is 22.7 Å². The molecule has 152 valence electrons.